The van der Waals surface area contributed by atoms with Crippen LogP contribution in [0, 0.1) is 11.3 Å². The maximum atomic E-state index is 10.7. The first-order chi connectivity index (χ1) is 6.60. The topological polar surface area (TPSA) is 46.5 Å². The molecule has 90 valence electrons. The molecule has 3 nitrogen and oxygen atoms in total. The Morgan fingerprint density at radius 2 is 1.80 bits per heavy atom. The normalized spacial score (nSPS) is 18.0. The zero-order chi connectivity index (χ0) is 12.3. The van der Waals surface area contributed by atoms with Gasteiger partial charge in [0.05, 0.1) is 0 Å². The lowest BCUT2D eigenvalue weighted by molar-refractivity contribution is -0.0635. The van der Waals surface area contributed by atoms with E-state index in [0.29, 0.717) is 0 Å². The molecule has 0 aliphatic carbocycles. The van der Waals surface area contributed by atoms with Crippen molar-refractivity contribution in [1.82, 2.24) is 0 Å². The van der Waals surface area contributed by atoms with E-state index >= 15 is 0 Å². The van der Waals surface area contributed by atoms with E-state index in [0.717, 1.165) is 12.8 Å². The number of rotatable bonds is 4. The van der Waals surface area contributed by atoms with E-state index in [2.05, 4.69) is 27.7 Å². The van der Waals surface area contributed by atoms with Crippen molar-refractivity contribution < 1.29 is 14.6 Å². The standard InChI is InChI=1S/C12H24O3/c1-7-9(2)12(6,15-10(13)14)8-11(3,4)5/h9H,7-8H2,1-6H3,(H,13,14). The third-order valence-electron chi connectivity index (χ3n) is 2.86. The van der Waals surface area contributed by atoms with Gasteiger partial charge in [-0.2, -0.15) is 0 Å². The monoisotopic (exact) mass is 216 g/mol. The minimum Gasteiger partial charge on any atom is -0.450 e. The second kappa shape index (κ2) is 4.86. The van der Waals surface area contributed by atoms with Crippen LogP contribution in [-0.2, 0) is 4.74 Å². The van der Waals surface area contributed by atoms with Gasteiger partial charge in [0.2, 0.25) is 0 Å². The second-order valence-corrected chi connectivity index (χ2v) is 5.73. The molecule has 0 aromatic carbocycles. The van der Waals surface area contributed by atoms with Crippen molar-refractivity contribution in [3.8, 4) is 0 Å². The van der Waals surface area contributed by atoms with Crippen molar-refractivity contribution in [2.75, 3.05) is 0 Å². The summed E-state index contributed by atoms with van der Waals surface area (Å²) in [5.74, 6) is 0.229. The summed E-state index contributed by atoms with van der Waals surface area (Å²) >= 11 is 0. The quantitative estimate of drug-likeness (QED) is 0.724. The maximum absolute atomic E-state index is 10.7. The zero-order valence-corrected chi connectivity index (χ0v) is 10.8. The van der Waals surface area contributed by atoms with Gasteiger partial charge in [0.25, 0.3) is 0 Å². The summed E-state index contributed by atoms with van der Waals surface area (Å²) in [6, 6.07) is 0. The summed E-state index contributed by atoms with van der Waals surface area (Å²) < 4.78 is 5.08. The van der Waals surface area contributed by atoms with Crippen LogP contribution < -0.4 is 0 Å². The molecule has 0 aliphatic heterocycles. The van der Waals surface area contributed by atoms with Crippen LogP contribution in [-0.4, -0.2) is 16.9 Å². The van der Waals surface area contributed by atoms with Crippen LogP contribution in [0.3, 0.4) is 0 Å². The van der Waals surface area contributed by atoms with E-state index in [1.807, 2.05) is 13.8 Å². The molecule has 2 unspecified atom stereocenters. The molecule has 15 heavy (non-hydrogen) atoms. The lowest BCUT2D eigenvalue weighted by atomic mass is 9.76. The van der Waals surface area contributed by atoms with Gasteiger partial charge in [-0.05, 0) is 31.1 Å². The molecule has 0 amide bonds. The van der Waals surface area contributed by atoms with Gasteiger partial charge in [0.15, 0.2) is 0 Å². The minimum atomic E-state index is -1.18. The Labute approximate surface area is 92.8 Å². The first-order valence-corrected chi connectivity index (χ1v) is 5.52. The molecule has 0 rings (SSSR count). The van der Waals surface area contributed by atoms with Gasteiger partial charge in [-0.1, -0.05) is 34.6 Å². The van der Waals surface area contributed by atoms with Gasteiger partial charge in [-0.3, -0.25) is 0 Å². The summed E-state index contributed by atoms with van der Waals surface area (Å²) in [4.78, 5) is 10.7. The largest absolute Gasteiger partial charge is 0.506 e. The number of hydrogen-bond donors (Lipinski definition) is 1. The van der Waals surface area contributed by atoms with Gasteiger partial charge in [0, 0.05) is 0 Å². The molecule has 0 aromatic heterocycles. The first kappa shape index (κ1) is 14.3. The Balaban J connectivity index is 4.77. The van der Waals surface area contributed by atoms with Gasteiger partial charge < -0.3 is 9.84 Å². The molecule has 1 N–H and O–H groups in total. The number of carbonyl (C=O) groups is 1. The van der Waals surface area contributed by atoms with E-state index < -0.39 is 11.8 Å². The fourth-order valence-corrected chi connectivity index (χ4v) is 2.00. The molecular weight excluding hydrogens is 192 g/mol. The summed E-state index contributed by atoms with van der Waals surface area (Å²) in [6.07, 6.45) is 0.475. The maximum Gasteiger partial charge on any atom is 0.506 e. The van der Waals surface area contributed by atoms with Crippen molar-refractivity contribution in [3.63, 3.8) is 0 Å². The van der Waals surface area contributed by atoms with E-state index in [1.54, 1.807) is 0 Å². The minimum absolute atomic E-state index is 0.0631. The van der Waals surface area contributed by atoms with Crippen molar-refractivity contribution in [2.45, 2.75) is 60.0 Å². The lowest BCUT2D eigenvalue weighted by Gasteiger charge is -2.38. The van der Waals surface area contributed by atoms with Crippen LogP contribution >= 0.6 is 0 Å². The van der Waals surface area contributed by atoms with Gasteiger partial charge in [-0.15, -0.1) is 0 Å². The number of ether oxygens (including phenoxy) is 1. The smallest absolute Gasteiger partial charge is 0.450 e. The van der Waals surface area contributed by atoms with Crippen LogP contribution in [0.2, 0.25) is 0 Å². The highest BCUT2D eigenvalue weighted by atomic mass is 16.7. The zero-order valence-electron chi connectivity index (χ0n) is 10.8. The molecule has 0 aromatic rings. The van der Waals surface area contributed by atoms with E-state index in [1.165, 1.54) is 0 Å². The first-order valence-electron chi connectivity index (χ1n) is 5.52. The number of carboxylic acid groups (broad SMARTS) is 1. The summed E-state index contributed by atoms with van der Waals surface area (Å²) in [6.45, 7) is 12.3. The average molecular weight is 216 g/mol. The highest BCUT2D eigenvalue weighted by Crippen LogP contribution is 2.36. The molecule has 0 heterocycles. The van der Waals surface area contributed by atoms with Crippen molar-refractivity contribution >= 4 is 6.16 Å². The predicted octanol–water partition coefficient (Wildman–Crippen LogP) is 3.92. The third kappa shape index (κ3) is 5.05. The van der Waals surface area contributed by atoms with Crippen molar-refractivity contribution in [2.24, 2.45) is 11.3 Å². The number of hydrogen-bond acceptors (Lipinski definition) is 2. The predicted molar refractivity (Wildman–Crippen MR) is 61.0 cm³/mol. The van der Waals surface area contributed by atoms with Crippen LogP contribution in [0.25, 0.3) is 0 Å². The van der Waals surface area contributed by atoms with Gasteiger partial charge in [0.1, 0.15) is 5.60 Å². The van der Waals surface area contributed by atoms with E-state index in [4.69, 9.17) is 9.84 Å². The van der Waals surface area contributed by atoms with Gasteiger partial charge in [-0.25, -0.2) is 4.79 Å². The van der Waals surface area contributed by atoms with Crippen LogP contribution in [0.15, 0.2) is 0 Å². The van der Waals surface area contributed by atoms with Crippen molar-refractivity contribution in [3.05, 3.63) is 0 Å². The van der Waals surface area contributed by atoms with Crippen molar-refractivity contribution in [1.29, 1.82) is 0 Å². The molecule has 0 saturated heterocycles. The van der Waals surface area contributed by atoms with E-state index in [9.17, 15) is 4.79 Å². The summed E-state index contributed by atoms with van der Waals surface area (Å²) in [5.41, 5.74) is -0.521. The summed E-state index contributed by atoms with van der Waals surface area (Å²) in [5, 5.41) is 8.77. The SMILES string of the molecule is CCC(C)C(C)(CC(C)(C)C)OC(=O)O. The molecular formula is C12H24O3. The molecule has 0 radical (unpaired) electrons. The highest BCUT2D eigenvalue weighted by Gasteiger charge is 2.38. The van der Waals surface area contributed by atoms with Gasteiger partial charge >= 0.3 is 6.16 Å². The molecule has 0 aliphatic rings. The molecule has 2 atom stereocenters. The molecule has 0 bridgehead atoms. The molecule has 0 spiro atoms. The van der Waals surface area contributed by atoms with Crippen LogP contribution in [0.4, 0.5) is 4.79 Å². The highest BCUT2D eigenvalue weighted by molar-refractivity contribution is 5.57. The Hall–Kier alpha value is -0.730. The molecule has 3 heteroatoms. The third-order valence-corrected chi connectivity index (χ3v) is 2.86. The average Bonchev–Trinajstić information content (AvgIpc) is 1.97. The Morgan fingerprint density at radius 1 is 1.33 bits per heavy atom. The fraction of sp³-hybridized carbons (Fsp3) is 0.917. The lowest BCUT2D eigenvalue weighted by Crippen LogP contribution is -2.41. The van der Waals surface area contributed by atoms with E-state index in [-0.39, 0.29) is 11.3 Å². The summed E-state index contributed by atoms with van der Waals surface area (Å²) in [7, 11) is 0. The van der Waals surface area contributed by atoms with Crippen LogP contribution in [0.5, 0.6) is 0 Å². The van der Waals surface area contributed by atoms with Crippen LogP contribution in [0.1, 0.15) is 54.4 Å². The second-order valence-electron chi connectivity index (χ2n) is 5.73. The molecule has 0 saturated carbocycles. The molecule has 0 fully saturated rings. The fourth-order valence-electron chi connectivity index (χ4n) is 2.00. The Morgan fingerprint density at radius 3 is 2.07 bits per heavy atom. The Kier molecular flexibility index (Phi) is 4.63. The Bertz CT molecular complexity index is 217.